The van der Waals surface area contributed by atoms with Crippen molar-refractivity contribution in [1.82, 2.24) is 0 Å². The Morgan fingerprint density at radius 1 is 0.818 bits per heavy atom. The van der Waals surface area contributed by atoms with Crippen LogP contribution in [-0.4, -0.2) is 42.8 Å². The summed E-state index contributed by atoms with van der Waals surface area (Å²) in [5.74, 6) is -3.11. The first-order chi connectivity index (χ1) is 10.5. The third kappa shape index (κ3) is 3.75. The minimum atomic E-state index is -0.922. The summed E-state index contributed by atoms with van der Waals surface area (Å²) >= 11 is 0. The maximum absolute atomic E-state index is 12.1. The molecule has 0 fully saturated rings. The van der Waals surface area contributed by atoms with Crippen molar-refractivity contribution in [3.8, 4) is 5.75 Å². The predicted octanol–water partition coefficient (Wildman–Crippen LogP) is 1.92. The number of aromatic hydroxyl groups is 1. The summed E-state index contributed by atoms with van der Waals surface area (Å²) in [6, 6.07) is 2.32. The van der Waals surface area contributed by atoms with Crippen molar-refractivity contribution in [3.63, 3.8) is 0 Å². The SMILES string of the molecule is CCOC(=O)c1ccc(O)c(C(=O)OCC)c1C(=O)OCC. The van der Waals surface area contributed by atoms with Crippen LogP contribution in [0, 0.1) is 0 Å². The Balaban J connectivity index is 3.52. The fraction of sp³-hybridized carbons (Fsp3) is 0.400. The van der Waals surface area contributed by atoms with Gasteiger partial charge in [0.05, 0.1) is 30.9 Å². The lowest BCUT2D eigenvalue weighted by molar-refractivity contribution is 0.0456. The third-order valence-corrected chi connectivity index (χ3v) is 2.64. The smallest absolute Gasteiger partial charge is 0.342 e. The number of phenols is 1. The Morgan fingerprint density at radius 2 is 1.27 bits per heavy atom. The second-order valence-corrected chi connectivity index (χ2v) is 4.04. The van der Waals surface area contributed by atoms with E-state index in [1.807, 2.05) is 0 Å². The Labute approximate surface area is 127 Å². The fourth-order valence-electron chi connectivity index (χ4n) is 1.80. The van der Waals surface area contributed by atoms with Crippen molar-refractivity contribution in [2.45, 2.75) is 20.8 Å². The summed E-state index contributed by atoms with van der Waals surface area (Å²) in [6.07, 6.45) is 0. The van der Waals surface area contributed by atoms with Gasteiger partial charge in [0.15, 0.2) is 0 Å². The average Bonchev–Trinajstić information content (AvgIpc) is 2.47. The maximum atomic E-state index is 12.1. The van der Waals surface area contributed by atoms with Crippen LogP contribution in [-0.2, 0) is 14.2 Å². The van der Waals surface area contributed by atoms with Crippen molar-refractivity contribution in [1.29, 1.82) is 0 Å². The number of esters is 3. The number of carbonyl (C=O) groups is 3. The molecule has 22 heavy (non-hydrogen) atoms. The lowest BCUT2D eigenvalue weighted by Crippen LogP contribution is -2.20. The molecule has 0 amide bonds. The topological polar surface area (TPSA) is 99.1 Å². The number of phenolic OH excluding ortho intramolecular Hbond substituents is 1. The summed E-state index contributed by atoms with van der Waals surface area (Å²) in [6.45, 7) is 4.94. The molecule has 1 N–H and O–H groups in total. The third-order valence-electron chi connectivity index (χ3n) is 2.64. The molecule has 0 atom stereocenters. The molecule has 0 saturated carbocycles. The number of ether oxygens (including phenoxy) is 3. The largest absolute Gasteiger partial charge is 0.507 e. The highest BCUT2D eigenvalue weighted by Gasteiger charge is 2.29. The van der Waals surface area contributed by atoms with Gasteiger partial charge in [-0.1, -0.05) is 0 Å². The van der Waals surface area contributed by atoms with E-state index >= 15 is 0 Å². The molecule has 0 aliphatic heterocycles. The quantitative estimate of drug-likeness (QED) is 0.633. The lowest BCUT2D eigenvalue weighted by atomic mass is 9.99. The van der Waals surface area contributed by atoms with E-state index in [1.54, 1.807) is 20.8 Å². The number of hydrogen-bond acceptors (Lipinski definition) is 7. The molecule has 0 saturated heterocycles. The first kappa shape index (κ1) is 17.5. The molecule has 120 valence electrons. The highest BCUT2D eigenvalue weighted by molar-refractivity contribution is 6.11. The first-order valence-corrected chi connectivity index (χ1v) is 6.85. The van der Waals surface area contributed by atoms with E-state index in [2.05, 4.69) is 0 Å². The summed E-state index contributed by atoms with van der Waals surface area (Å²) in [5.41, 5.74) is -0.939. The molecular weight excluding hydrogens is 292 g/mol. The van der Waals surface area contributed by atoms with Gasteiger partial charge in [0.1, 0.15) is 11.3 Å². The molecular formula is C15H18O7. The van der Waals surface area contributed by atoms with Crippen molar-refractivity contribution < 1.29 is 33.7 Å². The van der Waals surface area contributed by atoms with Gasteiger partial charge in [-0.05, 0) is 32.9 Å². The van der Waals surface area contributed by atoms with Crippen LogP contribution in [0.25, 0.3) is 0 Å². The predicted molar refractivity (Wildman–Crippen MR) is 76.0 cm³/mol. The molecule has 7 nitrogen and oxygen atoms in total. The zero-order valence-corrected chi connectivity index (χ0v) is 12.7. The number of hydrogen-bond donors (Lipinski definition) is 1. The zero-order chi connectivity index (χ0) is 16.7. The van der Waals surface area contributed by atoms with E-state index in [4.69, 9.17) is 14.2 Å². The fourth-order valence-corrected chi connectivity index (χ4v) is 1.80. The van der Waals surface area contributed by atoms with Gasteiger partial charge in [0, 0.05) is 0 Å². The van der Waals surface area contributed by atoms with Crippen molar-refractivity contribution >= 4 is 17.9 Å². The molecule has 0 unspecified atom stereocenters. The Kier molecular flexibility index (Phi) is 6.37. The summed E-state index contributed by atoms with van der Waals surface area (Å²) in [7, 11) is 0. The highest BCUT2D eigenvalue weighted by Crippen LogP contribution is 2.27. The van der Waals surface area contributed by atoms with E-state index in [1.165, 1.54) is 6.07 Å². The van der Waals surface area contributed by atoms with Gasteiger partial charge in [0.2, 0.25) is 0 Å². The minimum absolute atomic E-state index is 0.0407. The zero-order valence-electron chi connectivity index (χ0n) is 12.7. The van der Waals surface area contributed by atoms with Crippen molar-refractivity contribution in [3.05, 3.63) is 28.8 Å². The van der Waals surface area contributed by atoms with Crippen LogP contribution in [0.1, 0.15) is 51.8 Å². The van der Waals surface area contributed by atoms with Gasteiger partial charge in [-0.2, -0.15) is 0 Å². The first-order valence-electron chi connectivity index (χ1n) is 6.85. The average molecular weight is 310 g/mol. The number of rotatable bonds is 6. The van der Waals surface area contributed by atoms with E-state index in [9.17, 15) is 19.5 Å². The van der Waals surface area contributed by atoms with Gasteiger partial charge in [-0.3, -0.25) is 0 Å². The van der Waals surface area contributed by atoms with E-state index in [0.29, 0.717) is 0 Å². The summed E-state index contributed by atoms with van der Waals surface area (Å²) in [5, 5.41) is 9.88. The molecule has 0 spiro atoms. The monoisotopic (exact) mass is 310 g/mol. The van der Waals surface area contributed by atoms with Crippen LogP contribution < -0.4 is 0 Å². The van der Waals surface area contributed by atoms with Gasteiger partial charge in [-0.25, -0.2) is 14.4 Å². The molecule has 0 heterocycles. The van der Waals surface area contributed by atoms with E-state index in [-0.39, 0.29) is 30.9 Å². The molecule has 0 radical (unpaired) electrons. The number of carbonyl (C=O) groups excluding carboxylic acids is 3. The Bertz CT molecular complexity index is 577. The van der Waals surface area contributed by atoms with Crippen LogP contribution in [0.15, 0.2) is 12.1 Å². The summed E-state index contributed by atoms with van der Waals surface area (Å²) in [4.78, 5) is 36.0. The van der Waals surface area contributed by atoms with Crippen LogP contribution in [0.3, 0.4) is 0 Å². The molecule has 0 aliphatic rings. The van der Waals surface area contributed by atoms with Gasteiger partial charge >= 0.3 is 17.9 Å². The van der Waals surface area contributed by atoms with Crippen LogP contribution in [0.5, 0.6) is 5.75 Å². The standard InChI is InChI=1S/C15H18O7/c1-4-20-13(17)9-7-8-10(16)12(15(19)22-6-3)11(9)14(18)21-5-2/h7-8,16H,4-6H2,1-3H3. The number of benzene rings is 1. The molecule has 1 aromatic rings. The molecule has 1 aromatic carbocycles. The molecule has 1 rings (SSSR count). The van der Waals surface area contributed by atoms with E-state index in [0.717, 1.165) is 6.07 Å². The second-order valence-electron chi connectivity index (χ2n) is 4.04. The normalized spacial score (nSPS) is 9.95. The lowest BCUT2D eigenvalue weighted by Gasteiger charge is -2.13. The van der Waals surface area contributed by atoms with Crippen LogP contribution in [0.4, 0.5) is 0 Å². The molecule has 0 bridgehead atoms. The van der Waals surface area contributed by atoms with Gasteiger partial charge < -0.3 is 19.3 Å². The second kappa shape index (κ2) is 8.02. The van der Waals surface area contributed by atoms with Gasteiger partial charge in [-0.15, -0.1) is 0 Å². The maximum Gasteiger partial charge on any atom is 0.342 e. The van der Waals surface area contributed by atoms with Crippen molar-refractivity contribution in [2.75, 3.05) is 19.8 Å². The van der Waals surface area contributed by atoms with E-state index < -0.39 is 29.2 Å². The van der Waals surface area contributed by atoms with Crippen LogP contribution >= 0.6 is 0 Å². The van der Waals surface area contributed by atoms with Crippen molar-refractivity contribution in [2.24, 2.45) is 0 Å². The summed E-state index contributed by atoms with van der Waals surface area (Å²) < 4.78 is 14.5. The molecule has 0 aliphatic carbocycles. The minimum Gasteiger partial charge on any atom is -0.507 e. The highest BCUT2D eigenvalue weighted by atomic mass is 16.5. The Hall–Kier alpha value is -2.57. The molecule has 7 heteroatoms. The van der Waals surface area contributed by atoms with Gasteiger partial charge in [0.25, 0.3) is 0 Å². The molecule has 0 aromatic heterocycles. The van der Waals surface area contributed by atoms with Crippen LogP contribution in [0.2, 0.25) is 0 Å². The Morgan fingerprint density at radius 3 is 1.77 bits per heavy atom.